The van der Waals surface area contributed by atoms with Gasteiger partial charge in [-0.2, -0.15) is 0 Å². The van der Waals surface area contributed by atoms with Crippen LogP contribution in [0.5, 0.6) is 5.75 Å². The van der Waals surface area contributed by atoms with E-state index in [1.165, 1.54) is 0 Å². The number of nitrogens with one attached hydrogen (secondary N) is 1. The maximum Gasteiger partial charge on any atom is 0.410 e. The number of benzene rings is 1. The van der Waals surface area contributed by atoms with Crippen molar-refractivity contribution in [3.8, 4) is 5.75 Å². The van der Waals surface area contributed by atoms with Crippen LogP contribution in [0.15, 0.2) is 23.1 Å². The molecule has 2 aliphatic heterocycles. The molecular formula is C24H38N2O6S. The third-order valence-electron chi connectivity index (χ3n) is 6.33. The highest BCUT2D eigenvalue weighted by molar-refractivity contribution is 7.83. The number of ether oxygens (including phenoxy) is 4. The van der Waals surface area contributed by atoms with E-state index in [0.29, 0.717) is 36.6 Å². The van der Waals surface area contributed by atoms with E-state index in [0.717, 1.165) is 5.56 Å². The third kappa shape index (κ3) is 6.07. The molecule has 1 unspecified atom stereocenters. The molecule has 2 fully saturated rings. The lowest BCUT2D eigenvalue weighted by molar-refractivity contribution is -0.0896. The molecule has 1 aromatic carbocycles. The number of carbonyl (C=O) groups excluding carboxylic acids is 1. The molecule has 2 aliphatic rings. The highest BCUT2D eigenvalue weighted by Gasteiger charge is 2.49. The molecule has 0 aromatic heterocycles. The molecule has 2 saturated heterocycles. The molecule has 186 valence electrons. The van der Waals surface area contributed by atoms with Gasteiger partial charge in [-0.15, -0.1) is 0 Å². The summed E-state index contributed by atoms with van der Waals surface area (Å²) in [7, 11) is 0.0970. The molecule has 0 saturated carbocycles. The lowest BCUT2D eigenvalue weighted by Gasteiger charge is -2.33. The fourth-order valence-corrected chi connectivity index (χ4v) is 4.87. The zero-order valence-electron chi connectivity index (χ0n) is 21.0. The Labute approximate surface area is 199 Å². The SMILES string of the molecule is COc1cc(C2OC(C)(C)C(C)(C)O2)ccc1S(=O)NC1CCN(C(=O)OC(C)(C)C)CC1. The highest BCUT2D eigenvalue weighted by atomic mass is 32.2. The zero-order chi connectivity index (χ0) is 24.6. The summed E-state index contributed by atoms with van der Waals surface area (Å²) in [4.78, 5) is 14.5. The predicted octanol–water partition coefficient (Wildman–Crippen LogP) is 4.31. The summed E-state index contributed by atoms with van der Waals surface area (Å²) in [5, 5.41) is 0. The second-order valence-electron chi connectivity index (χ2n) is 10.6. The molecule has 1 amide bonds. The molecule has 0 bridgehead atoms. The van der Waals surface area contributed by atoms with Crippen molar-refractivity contribution in [3.63, 3.8) is 0 Å². The summed E-state index contributed by atoms with van der Waals surface area (Å²) in [5.41, 5.74) is -0.585. The number of rotatable bonds is 5. The van der Waals surface area contributed by atoms with Crippen LogP contribution in [0.25, 0.3) is 0 Å². The lowest BCUT2D eigenvalue weighted by Crippen LogP contribution is -2.46. The molecule has 9 heteroatoms. The van der Waals surface area contributed by atoms with Crippen LogP contribution in [0.4, 0.5) is 4.79 Å². The second kappa shape index (κ2) is 9.52. The maximum atomic E-state index is 13.1. The third-order valence-corrected chi connectivity index (χ3v) is 7.62. The molecule has 0 aliphatic carbocycles. The van der Waals surface area contributed by atoms with Gasteiger partial charge < -0.3 is 23.8 Å². The van der Waals surface area contributed by atoms with Crippen molar-refractivity contribution in [2.75, 3.05) is 20.2 Å². The Morgan fingerprint density at radius 3 is 2.21 bits per heavy atom. The summed E-state index contributed by atoms with van der Waals surface area (Å²) < 4.78 is 39.5. The minimum atomic E-state index is -1.46. The van der Waals surface area contributed by atoms with Crippen LogP contribution in [0.1, 0.15) is 73.2 Å². The maximum absolute atomic E-state index is 13.1. The van der Waals surface area contributed by atoms with Crippen LogP contribution >= 0.6 is 0 Å². The molecule has 33 heavy (non-hydrogen) atoms. The Kier molecular flexibility index (Phi) is 7.48. The Morgan fingerprint density at radius 2 is 1.70 bits per heavy atom. The van der Waals surface area contributed by atoms with Crippen molar-refractivity contribution in [1.29, 1.82) is 0 Å². The van der Waals surface area contributed by atoms with E-state index in [1.807, 2.05) is 60.6 Å². The topological polar surface area (TPSA) is 86.3 Å². The van der Waals surface area contributed by atoms with Gasteiger partial charge in [-0.1, -0.05) is 6.07 Å². The molecule has 1 atom stereocenters. The van der Waals surface area contributed by atoms with E-state index >= 15 is 0 Å². The first-order valence-electron chi connectivity index (χ1n) is 11.4. The Morgan fingerprint density at radius 1 is 1.12 bits per heavy atom. The molecule has 0 radical (unpaired) electrons. The first-order valence-corrected chi connectivity index (χ1v) is 12.6. The van der Waals surface area contributed by atoms with Crippen LogP contribution in [-0.4, -0.2) is 58.2 Å². The number of amides is 1. The van der Waals surface area contributed by atoms with Crippen molar-refractivity contribution in [3.05, 3.63) is 23.8 Å². The molecule has 1 aromatic rings. The van der Waals surface area contributed by atoms with Gasteiger partial charge in [-0.25, -0.2) is 13.7 Å². The van der Waals surface area contributed by atoms with E-state index < -0.39 is 34.1 Å². The first kappa shape index (κ1) is 25.9. The normalized spacial score (nSPS) is 22.2. The standard InChI is InChI=1S/C24H38N2O6S/c1-22(2,3)32-21(27)26-13-11-17(12-14-26)25-33(28)19-10-9-16(15-18(19)29-8)20-30-23(4,5)24(6,7)31-20/h9-10,15,17,20,25H,11-14H2,1-8H3. The highest BCUT2D eigenvalue weighted by Crippen LogP contribution is 2.45. The minimum Gasteiger partial charge on any atom is -0.495 e. The molecular weight excluding hydrogens is 444 g/mol. The fourth-order valence-electron chi connectivity index (χ4n) is 3.68. The van der Waals surface area contributed by atoms with Crippen molar-refractivity contribution in [2.24, 2.45) is 0 Å². The minimum absolute atomic E-state index is 0.0250. The smallest absolute Gasteiger partial charge is 0.410 e. The Bertz CT molecular complexity index is 871. The Hall–Kier alpha value is -1.68. The van der Waals surface area contributed by atoms with Gasteiger partial charge >= 0.3 is 6.09 Å². The number of likely N-dealkylation sites (tertiary alicyclic amines) is 1. The van der Waals surface area contributed by atoms with Gasteiger partial charge in [-0.3, -0.25) is 0 Å². The molecule has 2 heterocycles. The number of hydrogen-bond donors (Lipinski definition) is 1. The number of nitrogens with zero attached hydrogens (tertiary/aromatic N) is 1. The number of hydrogen-bond acceptors (Lipinski definition) is 6. The van der Waals surface area contributed by atoms with Gasteiger partial charge in [0.2, 0.25) is 0 Å². The summed E-state index contributed by atoms with van der Waals surface area (Å²) in [6, 6.07) is 5.50. The monoisotopic (exact) mass is 482 g/mol. The Balaban J connectivity index is 1.61. The van der Waals surface area contributed by atoms with Crippen molar-refractivity contribution < 1.29 is 28.0 Å². The number of carbonyl (C=O) groups is 1. The van der Waals surface area contributed by atoms with Gasteiger partial charge in [0.25, 0.3) is 0 Å². The molecule has 8 nitrogen and oxygen atoms in total. The van der Waals surface area contributed by atoms with E-state index in [1.54, 1.807) is 18.1 Å². The summed E-state index contributed by atoms with van der Waals surface area (Å²) in [6.45, 7) is 14.7. The number of methoxy groups -OCH3 is 1. The lowest BCUT2D eigenvalue weighted by atomic mass is 9.90. The molecule has 0 spiro atoms. The van der Waals surface area contributed by atoms with Crippen LogP contribution in [0.2, 0.25) is 0 Å². The molecule has 1 N–H and O–H groups in total. The summed E-state index contributed by atoms with van der Waals surface area (Å²) in [5.74, 6) is 0.513. The van der Waals surface area contributed by atoms with Crippen LogP contribution in [-0.2, 0) is 25.2 Å². The number of piperidine rings is 1. The summed E-state index contributed by atoms with van der Waals surface area (Å²) >= 11 is 0. The zero-order valence-corrected chi connectivity index (χ0v) is 21.8. The van der Waals surface area contributed by atoms with Crippen LogP contribution in [0.3, 0.4) is 0 Å². The first-order chi connectivity index (χ1) is 15.2. The van der Waals surface area contributed by atoms with Crippen molar-refractivity contribution in [1.82, 2.24) is 9.62 Å². The fraction of sp³-hybridized carbons (Fsp3) is 0.708. The van der Waals surface area contributed by atoms with Gasteiger partial charge in [-0.05, 0) is 73.4 Å². The van der Waals surface area contributed by atoms with Crippen LogP contribution < -0.4 is 9.46 Å². The quantitative estimate of drug-likeness (QED) is 0.673. The van der Waals surface area contributed by atoms with E-state index in [4.69, 9.17) is 18.9 Å². The predicted molar refractivity (Wildman–Crippen MR) is 126 cm³/mol. The molecule has 3 rings (SSSR count). The van der Waals surface area contributed by atoms with Crippen molar-refractivity contribution >= 4 is 17.1 Å². The van der Waals surface area contributed by atoms with Crippen LogP contribution in [0, 0.1) is 0 Å². The average Bonchev–Trinajstić information content (AvgIpc) is 2.93. The average molecular weight is 483 g/mol. The summed E-state index contributed by atoms with van der Waals surface area (Å²) in [6.07, 6.45) is 0.567. The second-order valence-corrected chi connectivity index (χ2v) is 11.8. The van der Waals surface area contributed by atoms with E-state index in [2.05, 4.69) is 4.72 Å². The van der Waals surface area contributed by atoms with Crippen molar-refractivity contribution in [2.45, 2.75) is 95.3 Å². The van der Waals surface area contributed by atoms with Gasteiger partial charge in [0.1, 0.15) is 22.3 Å². The van der Waals surface area contributed by atoms with Gasteiger partial charge in [0.15, 0.2) is 6.29 Å². The van der Waals surface area contributed by atoms with E-state index in [9.17, 15) is 9.00 Å². The largest absolute Gasteiger partial charge is 0.495 e. The van der Waals surface area contributed by atoms with E-state index in [-0.39, 0.29) is 12.1 Å². The van der Waals surface area contributed by atoms with Gasteiger partial charge in [0, 0.05) is 24.7 Å². The van der Waals surface area contributed by atoms with Gasteiger partial charge in [0.05, 0.1) is 23.2 Å².